The quantitative estimate of drug-likeness (QED) is 0.687. The molecular formula is C14H22N2O2. The average Bonchev–Trinajstić information content (AvgIpc) is 2.38. The average molecular weight is 250 g/mol. The van der Waals surface area contributed by atoms with Gasteiger partial charge in [0.1, 0.15) is 0 Å². The smallest absolute Gasteiger partial charge is 0.221 e. The number of ether oxygens (including phenoxy) is 1. The van der Waals surface area contributed by atoms with Crippen molar-refractivity contribution in [2.45, 2.75) is 26.5 Å². The van der Waals surface area contributed by atoms with Crippen molar-refractivity contribution in [2.75, 3.05) is 20.2 Å². The summed E-state index contributed by atoms with van der Waals surface area (Å²) in [6.45, 7) is 4.78. The fourth-order valence-electron chi connectivity index (χ4n) is 1.69. The predicted molar refractivity (Wildman–Crippen MR) is 72.2 cm³/mol. The molecule has 1 amide bonds. The van der Waals surface area contributed by atoms with Gasteiger partial charge in [0.05, 0.1) is 6.61 Å². The maximum absolute atomic E-state index is 11.6. The number of carbonyl (C=O) groups excluding carboxylic acids is 1. The highest BCUT2D eigenvalue weighted by Gasteiger charge is 2.04. The molecule has 0 bridgehead atoms. The van der Waals surface area contributed by atoms with Crippen molar-refractivity contribution < 1.29 is 9.53 Å². The van der Waals surface area contributed by atoms with Crippen LogP contribution in [0.5, 0.6) is 0 Å². The summed E-state index contributed by atoms with van der Waals surface area (Å²) in [4.78, 5) is 11.6. The zero-order chi connectivity index (χ0) is 13.2. The molecule has 0 saturated carbocycles. The van der Waals surface area contributed by atoms with Gasteiger partial charge in [-0.05, 0) is 17.7 Å². The minimum Gasteiger partial charge on any atom is -0.380 e. The SMILES string of the molecule is CCNCCC(=O)NCc1ccccc1COC. The summed E-state index contributed by atoms with van der Waals surface area (Å²) in [6.07, 6.45) is 0.514. The second-order valence-electron chi connectivity index (χ2n) is 4.08. The normalized spacial score (nSPS) is 10.3. The number of carbonyl (C=O) groups is 1. The molecule has 0 unspecified atom stereocenters. The molecule has 0 aromatic heterocycles. The van der Waals surface area contributed by atoms with Crippen LogP contribution in [0.25, 0.3) is 0 Å². The largest absolute Gasteiger partial charge is 0.380 e. The van der Waals surface area contributed by atoms with Crippen LogP contribution in [0.4, 0.5) is 0 Å². The third-order valence-corrected chi connectivity index (χ3v) is 2.67. The van der Waals surface area contributed by atoms with Crippen molar-refractivity contribution in [3.05, 3.63) is 35.4 Å². The van der Waals surface area contributed by atoms with Gasteiger partial charge in [0.25, 0.3) is 0 Å². The van der Waals surface area contributed by atoms with E-state index in [0.29, 0.717) is 19.6 Å². The molecule has 0 spiro atoms. The summed E-state index contributed by atoms with van der Waals surface area (Å²) in [5.74, 6) is 0.0724. The first-order valence-electron chi connectivity index (χ1n) is 6.31. The number of nitrogens with one attached hydrogen (secondary N) is 2. The molecule has 0 aliphatic rings. The van der Waals surface area contributed by atoms with E-state index in [1.807, 2.05) is 31.2 Å². The van der Waals surface area contributed by atoms with Gasteiger partial charge >= 0.3 is 0 Å². The molecule has 4 heteroatoms. The molecule has 0 radical (unpaired) electrons. The highest BCUT2D eigenvalue weighted by Crippen LogP contribution is 2.09. The predicted octanol–water partition coefficient (Wildman–Crippen LogP) is 1.45. The van der Waals surface area contributed by atoms with Crippen molar-refractivity contribution in [1.29, 1.82) is 0 Å². The van der Waals surface area contributed by atoms with Gasteiger partial charge in [0, 0.05) is 26.6 Å². The van der Waals surface area contributed by atoms with Crippen LogP contribution < -0.4 is 10.6 Å². The van der Waals surface area contributed by atoms with E-state index in [1.54, 1.807) is 7.11 Å². The summed E-state index contributed by atoms with van der Waals surface area (Å²) in [5, 5.41) is 6.05. The fraction of sp³-hybridized carbons (Fsp3) is 0.500. The molecular weight excluding hydrogens is 228 g/mol. The standard InChI is InChI=1S/C14H22N2O2/c1-3-15-9-8-14(17)16-10-12-6-4-5-7-13(12)11-18-2/h4-7,15H,3,8-11H2,1-2H3,(H,16,17). The number of amides is 1. The van der Waals surface area contributed by atoms with Crippen molar-refractivity contribution in [3.8, 4) is 0 Å². The van der Waals surface area contributed by atoms with Crippen molar-refractivity contribution in [3.63, 3.8) is 0 Å². The molecule has 1 aromatic carbocycles. The third-order valence-electron chi connectivity index (χ3n) is 2.67. The molecule has 1 rings (SSSR count). The maximum atomic E-state index is 11.6. The Morgan fingerprint density at radius 1 is 1.28 bits per heavy atom. The van der Waals surface area contributed by atoms with Crippen molar-refractivity contribution in [2.24, 2.45) is 0 Å². The van der Waals surface area contributed by atoms with E-state index in [1.165, 1.54) is 0 Å². The van der Waals surface area contributed by atoms with Crippen LogP contribution in [0.1, 0.15) is 24.5 Å². The van der Waals surface area contributed by atoms with Gasteiger partial charge in [-0.2, -0.15) is 0 Å². The first kappa shape index (κ1) is 14.7. The Bertz CT molecular complexity index is 367. The summed E-state index contributed by atoms with van der Waals surface area (Å²) < 4.78 is 5.13. The van der Waals surface area contributed by atoms with Crippen LogP contribution in [-0.4, -0.2) is 26.1 Å². The lowest BCUT2D eigenvalue weighted by Gasteiger charge is -2.10. The van der Waals surface area contributed by atoms with Crippen LogP contribution in [0.15, 0.2) is 24.3 Å². The zero-order valence-electron chi connectivity index (χ0n) is 11.2. The lowest BCUT2D eigenvalue weighted by atomic mass is 10.1. The Hall–Kier alpha value is -1.39. The van der Waals surface area contributed by atoms with Crippen molar-refractivity contribution in [1.82, 2.24) is 10.6 Å². The molecule has 1 aromatic rings. The monoisotopic (exact) mass is 250 g/mol. The Balaban J connectivity index is 2.40. The fourth-order valence-corrected chi connectivity index (χ4v) is 1.69. The second-order valence-corrected chi connectivity index (χ2v) is 4.08. The lowest BCUT2D eigenvalue weighted by Crippen LogP contribution is -2.27. The zero-order valence-corrected chi connectivity index (χ0v) is 11.2. The van der Waals surface area contributed by atoms with Gasteiger partial charge in [0.15, 0.2) is 0 Å². The Labute approximate surface area is 109 Å². The number of hydrogen-bond donors (Lipinski definition) is 2. The summed E-state index contributed by atoms with van der Waals surface area (Å²) in [5.41, 5.74) is 2.23. The van der Waals surface area contributed by atoms with Gasteiger partial charge in [0.2, 0.25) is 5.91 Å². The first-order valence-corrected chi connectivity index (χ1v) is 6.31. The van der Waals surface area contributed by atoms with Gasteiger partial charge in [-0.1, -0.05) is 31.2 Å². The number of methoxy groups -OCH3 is 1. The number of rotatable bonds is 8. The van der Waals surface area contributed by atoms with Crippen LogP contribution in [0.2, 0.25) is 0 Å². The van der Waals surface area contributed by atoms with Gasteiger partial charge in [-0.15, -0.1) is 0 Å². The first-order chi connectivity index (χ1) is 8.77. The van der Waals surface area contributed by atoms with Crippen LogP contribution in [0.3, 0.4) is 0 Å². The van der Waals surface area contributed by atoms with Gasteiger partial charge in [-0.3, -0.25) is 4.79 Å². The molecule has 0 aliphatic heterocycles. The molecule has 0 fully saturated rings. The highest BCUT2D eigenvalue weighted by molar-refractivity contribution is 5.76. The van der Waals surface area contributed by atoms with E-state index in [-0.39, 0.29) is 5.91 Å². The second kappa shape index (κ2) is 8.66. The minimum absolute atomic E-state index is 0.0724. The van der Waals surface area contributed by atoms with Crippen LogP contribution in [0, 0.1) is 0 Å². The van der Waals surface area contributed by atoms with E-state index in [2.05, 4.69) is 10.6 Å². The Morgan fingerprint density at radius 3 is 2.67 bits per heavy atom. The van der Waals surface area contributed by atoms with Crippen LogP contribution in [-0.2, 0) is 22.7 Å². The Kier molecular flexibility index (Phi) is 7.06. The van der Waals surface area contributed by atoms with Crippen molar-refractivity contribution >= 4 is 5.91 Å². The summed E-state index contributed by atoms with van der Waals surface area (Å²) >= 11 is 0. The molecule has 100 valence electrons. The van der Waals surface area contributed by atoms with E-state index in [4.69, 9.17) is 4.74 Å². The molecule has 0 aliphatic carbocycles. The number of hydrogen-bond acceptors (Lipinski definition) is 3. The molecule has 18 heavy (non-hydrogen) atoms. The lowest BCUT2D eigenvalue weighted by molar-refractivity contribution is -0.121. The molecule has 4 nitrogen and oxygen atoms in total. The van der Waals surface area contributed by atoms with Gasteiger partial charge < -0.3 is 15.4 Å². The molecule has 0 heterocycles. The number of benzene rings is 1. The third kappa shape index (κ3) is 5.29. The topological polar surface area (TPSA) is 50.4 Å². The van der Waals surface area contributed by atoms with E-state index >= 15 is 0 Å². The molecule has 0 atom stereocenters. The summed E-state index contributed by atoms with van der Waals surface area (Å²) in [6, 6.07) is 7.98. The minimum atomic E-state index is 0.0724. The van der Waals surface area contributed by atoms with E-state index in [9.17, 15) is 4.79 Å². The van der Waals surface area contributed by atoms with Crippen LogP contribution >= 0.6 is 0 Å². The maximum Gasteiger partial charge on any atom is 0.221 e. The Morgan fingerprint density at radius 2 is 2.00 bits per heavy atom. The molecule has 2 N–H and O–H groups in total. The van der Waals surface area contributed by atoms with Gasteiger partial charge in [-0.25, -0.2) is 0 Å². The molecule has 0 saturated heterocycles. The van der Waals surface area contributed by atoms with E-state index in [0.717, 1.165) is 24.2 Å². The summed E-state index contributed by atoms with van der Waals surface area (Å²) in [7, 11) is 1.67. The highest BCUT2D eigenvalue weighted by atomic mass is 16.5. The van der Waals surface area contributed by atoms with E-state index < -0.39 is 0 Å².